The van der Waals surface area contributed by atoms with Crippen LogP contribution in [0.1, 0.15) is 59.3 Å². The Morgan fingerprint density at radius 3 is 2.60 bits per heavy atom. The van der Waals surface area contributed by atoms with E-state index in [4.69, 9.17) is 0 Å². The van der Waals surface area contributed by atoms with E-state index in [1.807, 2.05) is 0 Å². The maximum Gasteiger partial charge on any atom is 0.00417 e. The summed E-state index contributed by atoms with van der Waals surface area (Å²) in [6, 6.07) is 0.682. The number of rotatable bonds is 6. The molecule has 1 fully saturated rings. The van der Waals surface area contributed by atoms with Crippen LogP contribution in [0.4, 0.5) is 0 Å². The van der Waals surface area contributed by atoms with Gasteiger partial charge in [0, 0.05) is 6.04 Å². The minimum Gasteiger partial charge on any atom is -0.314 e. The normalized spacial score (nSPS) is 19.1. The standard InChI is InChI=1S/C14H27N/c1-12(2)7-6-8-13(3)15-11-14-9-4-5-10-14/h7,13-15H,4-6,8-11H2,1-3H3. The summed E-state index contributed by atoms with van der Waals surface area (Å²) in [4.78, 5) is 0. The van der Waals surface area contributed by atoms with E-state index in [0.717, 1.165) is 5.92 Å². The molecular weight excluding hydrogens is 182 g/mol. The molecule has 0 saturated heterocycles. The molecule has 1 rings (SSSR count). The molecule has 1 aliphatic rings. The molecule has 0 aromatic carbocycles. The molecule has 1 atom stereocenters. The molecule has 1 heteroatoms. The highest BCUT2D eigenvalue weighted by molar-refractivity contribution is 4.93. The largest absolute Gasteiger partial charge is 0.314 e. The van der Waals surface area contributed by atoms with E-state index < -0.39 is 0 Å². The summed E-state index contributed by atoms with van der Waals surface area (Å²) in [5.41, 5.74) is 1.44. The van der Waals surface area contributed by atoms with Crippen molar-refractivity contribution in [1.82, 2.24) is 5.32 Å². The van der Waals surface area contributed by atoms with E-state index in [1.54, 1.807) is 0 Å². The second-order valence-corrected chi connectivity index (χ2v) is 5.32. The van der Waals surface area contributed by atoms with Crippen molar-refractivity contribution < 1.29 is 0 Å². The summed E-state index contributed by atoms with van der Waals surface area (Å²) in [6.07, 6.45) is 10.7. The molecule has 15 heavy (non-hydrogen) atoms. The van der Waals surface area contributed by atoms with Crippen LogP contribution in [0.5, 0.6) is 0 Å². The topological polar surface area (TPSA) is 12.0 Å². The van der Waals surface area contributed by atoms with Gasteiger partial charge in [0.05, 0.1) is 0 Å². The van der Waals surface area contributed by atoms with Crippen molar-refractivity contribution in [3.63, 3.8) is 0 Å². The Morgan fingerprint density at radius 2 is 2.00 bits per heavy atom. The number of hydrogen-bond acceptors (Lipinski definition) is 1. The van der Waals surface area contributed by atoms with Gasteiger partial charge in [0.1, 0.15) is 0 Å². The quantitative estimate of drug-likeness (QED) is 0.654. The first-order valence-corrected chi connectivity index (χ1v) is 6.55. The van der Waals surface area contributed by atoms with Gasteiger partial charge >= 0.3 is 0 Å². The first-order valence-electron chi connectivity index (χ1n) is 6.55. The number of nitrogens with one attached hydrogen (secondary N) is 1. The van der Waals surface area contributed by atoms with Gasteiger partial charge in [-0.3, -0.25) is 0 Å². The third kappa shape index (κ3) is 5.99. The monoisotopic (exact) mass is 209 g/mol. The van der Waals surface area contributed by atoms with Crippen LogP contribution >= 0.6 is 0 Å². The molecule has 1 aliphatic carbocycles. The average molecular weight is 209 g/mol. The summed E-state index contributed by atoms with van der Waals surface area (Å²) in [6.45, 7) is 7.91. The smallest absolute Gasteiger partial charge is 0.00417 e. The summed E-state index contributed by atoms with van der Waals surface area (Å²) in [5, 5.41) is 3.67. The van der Waals surface area contributed by atoms with Crippen molar-refractivity contribution in [2.75, 3.05) is 6.54 Å². The van der Waals surface area contributed by atoms with Crippen LogP contribution in [0.15, 0.2) is 11.6 Å². The van der Waals surface area contributed by atoms with E-state index in [-0.39, 0.29) is 0 Å². The van der Waals surface area contributed by atoms with Gasteiger partial charge < -0.3 is 5.32 Å². The molecule has 1 saturated carbocycles. The fourth-order valence-corrected chi connectivity index (χ4v) is 2.31. The van der Waals surface area contributed by atoms with E-state index >= 15 is 0 Å². The molecule has 0 aliphatic heterocycles. The molecule has 0 bridgehead atoms. The molecule has 0 aromatic rings. The number of hydrogen-bond donors (Lipinski definition) is 1. The Labute approximate surface area is 95.3 Å². The first kappa shape index (κ1) is 12.8. The Morgan fingerprint density at radius 1 is 1.33 bits per heavy atom. The molecule has 1 nitrogen and oxygen atoms in total. The Hall–Kier alpha value is -0.300. The minimum absolute atomic E-state index is 0.682. The third-order valence-corrected chi connectivity index (χ3v) is 3.38. The molecule has 0 spiro atoms. The van der Waals surface area contributed by atoms with Crippen LogP contribution in [-0.4, -0.2) is 12.6 Å². The van der Waals surface area contributed by atoms with Crippen molar-refractivity contribution in [3.8, 4) is 0 Å². The van der Waals surface area contributed by atoms with Crippen molar-refractivity contribution in [2.24, 2.45) is 5.92 Å². The zero-order valence-corrected chi connectivity index (χ0v) is 10.7. The molecule has 0 radical (unpaired) electrons. The molecule has 1 unspecified atom stereocenters. The average Bonchev–Trinajstić information content (AvgIpc) is 2.66. The molecule has 1 N–H and O–H groups in total. The van der Waals surface area contributed by atoms with E-state index in [2.05, 4.69) is 32.2 Å². The lowest BCUT2D eigenvalue weighted by Gasteiger charge is -2.16. The lowest BCUT2D eigenvalue weighted by molar-refractivity contribution is 0.433. The lowest BCUT2D eigenvalue weighted by Crippen LogP contribution is -2.30. The van der Waals surface area contributed by atoms with E-state index in [0.29, 0.717) is 6.04 Å². The molecular formula is C14H27N. The van der Waals surface area contributed by atoms with Gasteiger partial charge in [-0.05, 0) is 58.9 Å². The summed E-state index contributed by atoms with van der Waals surface area (Å²) < 4.78 is 0. The first-order chi connectivity index (χ1) is 7.18. The van der Waals surface area contributed by atoms with Crippen LogP contribution in [0.25, 0.3) is 0 Å². The van der Waals surface area contributed by atoms with Crippen molar-refractivity contribution in [3.05, 3.63) is 11.6 Å². The zero-order chi connectivity index (χ0) is 11.1. The Kier molecular flexibility index (Phi) is 6.00. The third-order valence-electron chi connectivity index (χ3n) is 3.38. The highest BCUT2D eigenvalue weighted by atomic mass is 14.9. The van der Waals surface area contributed by atoms with Gasteiger partial charge in [0.2, 0.25) is 0 Å². The maximum atomic E-state index is 3.67. The fraction of sp³-hybridized carbons (Fsp3) is 0.857. The van der Waals surface area contributed by atoms with Crippen molar-refractivity contribution >= 4 is 0 Å². The highest BCUT2D eigenvalue weighted by Gasteiger charge is 2.14. The Balaban J connectivity index is 2.02. The predicted molar refractivity (Wildman–Crippen MR) is 68.1 cm³/mol. The molecule has 0 heterocycles. The van der Waals surface area contributed by atoms with Crippen LogP contribution in [-0.2, 0) is 0 Å². The predicted octanol–water partition coefficient (Wildman–Crippen LogP) is 3.90. The SMILES string of the molecule is CC(C)=CCCC(C)NCC1CCCC1. The van der Waals surface area contributed by atoms with Crippen LogP contribution < -0.4 is 5.32 Å². The van der Waals surface area contributed by atoms with Gasteiger partial charge in [0.25, 0.3) is 0 Å². The maximum absolute atomic E-state index is 3.67. The van der Waals surface area contributed by atoms with Gasteiger partial charge in [-0.1, -0.05) is 24.5 Å². The summed E-state index contributed by atoms with van der Waals surface area (Å²) >= 11 is 0. The van der Waals surface area contributed by atoms with Crippen LogP contribution in [0.2, 0.25) is 0 Å². The van der Waals surface area contributed by atoms with Crippen molar-refractivity contribution in [1.29, 1.82) is 0 Å². The Bertz CT molecular complexity index is 186. The summed E-state index contributed by atoms with van der Waals surface area (Å²) in [7, 11) is 0. The van der Waals surface area contributed by atoms with Gasteiger partial charge in [0.15, 0.2) is 0 Å². The minimum atomic E-state index is 0.682. The van der Waals surface area contributed by atoms with Gasteiger partial charge in [-0.15, -0.1) is 0 Å². The van der Waals surface area contributed by atoms with Gasteiger partial charge in [-0.25, -0.2) is 0 Å². The van der Waals surface area contributed by atoms with Crippen LogP contribution in [0.3, 0.4) is 0 Å². The second-order valence-electron chi connectivity index (χ2n) is 5.32. The lowest BCUT2D eigenvalue weighted by atomic mass is 10.1. The molecule has 0 amide bonds. The summed E-state index contributed by atoms with van der Waals surface area (Å²) in [5.74, 6) is 0.968. The molecule has 0 aromatic heterocycles. The van der Waals surface area contributed by atoms with E-state index in [1.165, 1.54) is 50.6 Å². The molecule has 88 valence electrons. The number of allylic oxidation sites excluding steroid dienone is 2. The second kappa shape index (κ2) is 7.05. The zero-order valence-electron chi connectivity index (χ0n) is 10.7. The van der Waals surface area contributed by atoms with Crippen LogP contribution in [0, 0.1) is 5.92 Å². The van der Waals surface area contributed by atoms with Crippen molar-refractivity contribution in [2.45, 2.75) is 65.3 Å². The fourth-order valence-electron chi connectivity index (χ4n) is 2.31. The highest BCUT2D eigenvalue weighted by Crippen LogP contribution is 2.23. The van der Waals surface area contributed by atoms with E-state index in [9.17, 15) is 0 Å². The van der Waals surface area contributed by atoms with Gasteiger partial charge in [-0.2, -0.15) is 0 Å².